The Bertz CT molecular complexity index is 1420. The zero-order valence-corrected chi connectivity index (χ0v) is 17.7. The molecule has 1 aromatic heterocycles. The topological polar surface area (TPSA) is 93.4 Å². The minimum Gasteiger partial charge on any atom is -0.268 e. The van der Waals surface area contributed by atoms with Crippen LogP contribution < -0.4 is 10.3 Å². The predicted octanol–water partition coefficient (Wildman–Crippen LogP) is 2.32. The average Bonchev–Trinajstić information content (AvgIpc) is 3.06. The molecule has 158 valence electrons. The third kappa shape index (κ3) is 3.76. The molecule has 0 aliphatic heterocycles. The van der Waals surface area contributed by atoms with E-state index in [-0.39, 0.29) is 11.1 Å². The minimum absolute atomic E-state index is 0.0699. The van der Waals surface area contributed by atoms with Crippen molar-refractivity contribution in [3.8, 4) is 11.4 Å². The fraction of sp³-hybridized carbons (Fsp3) is 0.0909. The van der Waals surface area contributed by atoms with E-state index in [1.165, 1.54) is 30.9 Å². The first-order valence-corrected chi connectivity index (χ1v) is 10.9. The predicted molar refractivity (Wildman–Crippen MR) is 119 cm³/mol. The highest BCUT2D eigenvalue weighted by molar-refractivity contribution is 7.87. The molecule has 3 aromatic carbocycles. The smallest absolute Gasteiger partial charge is 0.268 e. The molecule has 1 heterocycles. The van der Waals surface area contributed by atoms with Gasteiger partial charge in [0.2, 0.25) is 0 Å². The van der Waals surface area contributed by atoms with E-state index >= 15 is 0 Å². The molecule has 0 saturated heterocycles. The summed E-state index contributed by atoms with van der Waals surface area (Å²) >= 11 is 0. The molecule has 4 aromatic rings. The first-order valence-electron chi connectivity index (χ1n) is 9.43. The van der Waals surface area contributed by atoms with Crippen LogP contribution in [0.1, 0.15) is 10.4 Å². The molecule has 1 N–H and O–H groups in total. The number of nitrogens with one attached hydrogen (secondary N) is 1. The highest BCUT2D eigenvalue weighted by atomic mass is 32.2. The maximum Gasteiger partial charge on any atom is 0.303 e. The number of nitrogens with zero attached hydrogens (tertiary/aromatic N) is 3. The molecule has 0 bridgehead atoms. The Morgan fingerprint density at radius 1 is 0.839 bits per heavy atom. The Hall–Kier alpha value is -3.69. The number of benzene rings is 3. The first kappa shape index (κ1) is 20.6. The molecule has 1 amide bonds. The van der Waals surface area contributed by atoms with E-state index in [0.29, 0.717) is 16.6 Å². The van der Waals surface area contributed by atoms with Crippen molar-refractivity contribution in [1.29, 1.82) is 0 Å². The number of hydrogen-bond donors (Lipinski definition) is 1. The molecule has 0 spiro atoms. The Labute approximate surface area is 179 Å². The van der Waals surface area contributed by atoms with Gasteiger partial charge in [0.15, 0.2) is 0 Å². The van der Waals surface area contributed by atoms with Crippen molar-refractivity contribution in [2.75, 3.05) is 14.1 Å². The second-order valence-electron chi connectivity index (χ2n) is 7.05. The van der Waals surface area contributed by atoms with Crippen LogP contribution in [0, 0.1) is 0 Å². The van der Waals surface area contributed by atoms with Gasteiger partial charge in [-0.05, 0) is 42.5 Å². The van der Waals surface area contributed by atoms with Gasteiger partial charge >= 0.3 is 10.2 Å². The van der Waals surface area contributed by atoms with E-state index in [1.807, 2.05) is 65.4 Å². The maximum absolute atomic E-state index is 13.4. The summed E-state index contributed by atoms with van der Waals surface area (Å²) in [5, 5.41) is 0.294. The lowest BCUT2D eigenvalue weighted by Gasteiger charge is -2.13. The van der Waals surface area contributed by atoms with Gasteiger partial charge in [-0.1, -0.05) is 36.4 Å². The zero-order valence-electron chi connectivity index (χ0n) is 16.9. The Morgan fingerprint density at radius 2 is 1.39 bits per heavy atom. The van der Waals surface area contributed by atoms with E-state index in [2.05, 4.69) is 0 Å². The number of fused-ring (bicyclic) bond motifs is 1. The van der Waals surface area contributed by atoms with Crippen LogP contribution in [0.4, 0.5) is 0 Å². The van der Waals surface area contributed by atoms with Crippen LogP contribution in [0.2, 0.25) is 0 Å². The number of amides is 1. The van der Waals surface area contributed by atoms with Gasteiger partial charge in [0.05, 0.1) is 22.3 Å². The number of carbonyl (C=O) groups is 1. The second-order valence-corrected chi connectivity index (χ2v) is 8.93. The summed E-state index contributed by atoms with van der Waals surface area (Å²) in [7, 11) is -1.32. The fourth-order valence-corrected chi connectivity index (χ4v) is 3.77. The lowest BCUT2D eigenvalue weighted by molar-refractivity contribution is 0.0980. The van der Waals surface area contributed by atoms with Gasteiger partial charge in [-0.25, -0.2) is 14.1 Å². The first-order chi connectivity index (χ1) is 14.8. The standard InChI is InChI=1S/C22H20N4O4S/c1-24(2)31(29,30)23-21(27)16-13-14-20-19(15-16)22(28)26(18-11-7-4-8-12-18)25(20)17-9-5-3-6-10-17/h3-15H,1-2H3,(H,23,27). The second kappa shape index (κ2) is 7.86. The Balaban J connectivity index is 1.93. The summed E-state index contributed by atoms with van der Waals surface area (Å²) in [4.78, 5) is 25.9. The molecule has 0 aliphatic carbocycles. The van der Waals surface area contributed by atoms with Crippen LogP contribution in [-0.2, 0) is 10.2 Å². The van der Waals surface area contributed by atoms with Crippen molar-refractivity contribution in [3.63, 3.8) is 0 Å². The zero-order chi connectivity index (χ0) is 22.2. The third-order valence-electron chi connectivity index (χ3n) is 4.81. The van der Waals surface area contributed by atoms with Crippen LogP contribution in [0.5, 0.6) is 0 Å². The Kier molecular flexibility index (Phi) is 5.22. The van der Waals surface area contributed by atoms with Crippen molar-refractivity contribution in [2.45, 2.75) is 0 Å². The van der Waals surface area contributed by atoms with Crippen molar-refractivity contribution in [2.24, 2.45) is 0 Å². The molecule has 0 fully saturated rings. The van der Waals surface area contributed by atoms with Gasteiger partial charge in [0.1, 0.15) is 0 Å². The largest absolute Gasteiger partial charge is 0.303 e. The number of rotatable bonds is 5. The van der Waals surface area contributed by atoms with Gasteiger partial charge < -0.3 is 0 Å². The maximum atomic E-state index is 13.4. The van der Waals surface area contributed by atoms with E-state index in [1.54, 1.807) is 10.7 Å². The molecule has 4 rings (SSSR count). The summed E-state index contributed by atoms with van der Waals surface area (Å²) < 4.78 is 30.2. The quantitative estimate of drug-likeness (QED) is 0.520. The number of carbonyl (C=O) groups excluding carboxylic acids is 1. The van der Waals surface area contributed by atoms with Gasteiger partial charge in [0.25, 0.3) is 11.5 Å². The summed E-state index contributed by atoms with van der Waals surface area (Å²) in [6, 6.07) is 23.1. The lowest BCUT2D eigenvalue weighted by Crippen LogP contribution is -2.39. The summed E-state index contributed by atoms with van der Waals surface area (Å²) in [5.41, 5.74) is 1.77. The van der Waals surface area contributed by atoms with Crippen LogP contribution >= 0.6 is 0 Å². The molecule has 31 heavy (non-hydrogen) atoms. The molecular formula is C22H20N4O4S. The third-order valence-corrected chi connectivity index (χ3v) is 6.22. The van der Waals surface area contributed by atoms with E-state index < -0.39 is 16.1 Å². The number of aromatic nitrogens is 2. The van der Waals surface area contributed by atoms with Crippen molar-refractivity contribution >= 4 is 27.0 Å². The monoisotopic (exact) mass is 436 g/mol. The normalized spacial score (nSPS) is 11.7. The molecular weight excluding hydrogens is 416 g/mol. The highest BCUT2D eigenvalue weighted by Crippen LogP contribution is 2.21. The van der Waals surface area contributed by atoms with Crippen molar-refractivity contribution < 1.29 is 13.2 Å². The minimum atomic E-state index is -3.95. The van der Waals surface area contributed by atoms with Crippen molar-refractivity contribution in [3.05, 3.63) is 94.8 Å². The molecule has 0 atom stereocenters. The summed E-state index contributed by atoms with van der Waals surface area (Å²) in [5.74, 6) is -0.811. The highest BCUT2D eigenvalue weighted by Gasteiger charge is 2.21. The van der Waals surface area contributed by atoms with Crippen LogP contribution in [0.15, 0.2) is 83.7 Å². The molecule has 9 heteroatoms. The van der Waals surface area contributed by atoms with Crippen LogP contribution in [0.25, 0.3) is 22.3 Å². The molecule has 0 radical (unpaired) electrons. The van der Waals surface area contributed by atoms with Crippen LogP contribution in [-0.4, -0.2) is 42.1 Å². The lowest BCUT2D eigenvalue weighted by atomic mass is 10.1. The van der Waals surface area contributed by atoms with Gasteiger partial charge in [-0.2, -0.15) is 12.7 Å². The van der Waals surface area contributed by atoms with E-state index in [4.69, 9.17) is 0 Å². The van der Waals surface area contributed by atoms with E-state index in [0.717, 1.165) is 9.99 Å². The van der Waals surface area contributed by atoms with Crippen molar-refractivity contribution in [1.82, 2.24) is 18.4 Å². The van der Waals surface area contributed by atoms with E-state index in [9.17, 15) is 18.0 Å². The molecule has 0 unspecified atom stereocenters. The van der Waals surface area contributed by atoms with Gasteiger partial charge in [-0.3, -0.25) is 9.59 Å². The fourth-order valence-electron chi connectivity index (χ4n) is 3.24. The molecule has 8 nitrogen and oxygen atoms in total. The Morgan fingerprint density at radius 3 is 1.94 bits per heavy atom. The van der Waals surface area contributed by atoms with Gasteiger partial charge in [-0.15, -0.1) is 0 Å². The average molecular weight is 436 g/mol. The molecule has 0 saturated carbocycles. The number of hydrogen-bond acceptors (Lipinski definition) is 4. The van der Waals surface area contributed by atoms with Crippen LogP contribution in [0.3, 0.4) is 0 Å². The summed E-state index contributed by atoms with van der Waals surface area (Å²) in [6.07, 6.45) is 0. The summed E-state index contributed by atoms with van der Waals surface area (Å²) in [6.45, 7) is 0. The number of para-hydroxylation sites is 2. The van der Waals surface area contributed by atoms with Gasteiger partial charge in [0, 0.05) is 19.7 Å². The molecule has 0 aliphatic rings. The SMILES string of the molecule is CN(C)S(=O)(=O)NC(=O)c1ccc2c(c1)c(=O)n(-c1ccccc1)n2-c1ccccc1.